The third-order valence-corrected chi connectivity index (χ3v) is 4.70. The van der Waals surface area contributed by atoms with Crippen molar-refractivity contribution in [1.29, 1.82) is 0 Å². The van der Waals surface area contributed by atoms with E-state index in [2.05, 4.69) is 10.5 Å². The number of nitrogens with one attached hydrogen (secondary N) is 1. The van der Waals surface area contributed by atoms with Gasteiger partial charge < -0.3 is 0 Å². The number of hydrogen-bond acceptors (Lipinski definition) is 6. The molecule has 142 valence electrons. The first-order valence-electron chi connectivity index (χ1n) is 7.79. The van der Waals surface area contributed by atoms with Gasteiger partial charge in [-0.3, -0.25) is 19.2 Å². The number of para-hydroxylation sites is 1. The minimum atomic E-state index is -3.67. The van der Waals surface area contributed by atoms with Crippen molar-refractivity contribution in [3.63, 3.8) is 0 Å². The number of rotatable bonds is 7. The molecule has 0 saturated carbocycles. The minimum absolute atomic E-state index is 0.0966. The smallest absolute Gasteiger partial charge is 0.270 e. The van der Waals surface area contributed by atoms with Crippen molar-refractivity contribution in [2.75, 3.05) is 17.1 Å². The number of carbonyl (C=O) groups excluding carboxylic acids is 1. The van der Waals surface area contributed by atoms with Gasteiger partial charge in [-0.25, -0.2) is 13.8 Å². The molecule has 2 rings (SSSR count). The molecule has 0 aliphatic carbocycles. The van der Waals surface area contributed by atoms with Crippen LogP contribution < -0.4 is 9.73 Å². The van der Waals surface area contributed by atoms with Crippen molar-refractivity contribution in [2.24, 2.45) is 5.10 Å². The van der Waals surface area contributed by atoms with Crippen LogP contribution in [0.2, 0.25) is 0 Å². The van der Waals surface area contributed by atoms with Gasteiger partial charge in [-0.05, 0) is 19.1 Å². The molecule has 1 amide bonds. The average Bonchev–Trinajstić information content (AvgIpc) is 2.64. The Labute approximate surface area is 156 Å². The summed E-state index contributed by atoms with van der Waals surface area (Å²) in [5.74, 6) is -0.644. The van der Waals surface area contributed by atoms with Crippen LogP contribution in [0.3, 0.4) is 0 Å². The largest absolute Gasteiger partial charge is 0.271 e. The quantitative estimate of drug-likeness (QED) is 0.439. The van der Waals surface area contributed by atoms with Crippen molar-refractivity contribution >= 4 is 33.0 Å². The lowest BCUT2D eigenvalue weighted by molar-refractivity contribution is -0.384. The van der Waals surface area contributed by atoms with Crippen LogP contribution in [-0.4, -0.2) is 37.8 Å². The van der Waals surface area contributed by atoms with Crippen molar-refractivity contribution < 1.29 is 18.1 Å². The topological polar surface area (TPSA) is 122 Å². The Hall–Kier alpha value is -3.27. The maximum Gasteiger partial charge on any atom is 0.270 e. The Morgan fingerprint density at radius 2 is 1.85 bits per heavy atom. The van der Waals surface area contributed by atoms with E-state index in [-0.39, 0.29) is 5.69 Å². The van der Waals surface area contributed by atoms with Crippen LogP contribution in [0.25, 0.3) is 0 Å². The second-order valence-electron chi connectivity index (χ2n) is 5.64. The summed E-state index contributed by atoms with van der Waals surface area (Å²) in [5, 5.41) is 14.7. The SMILES string of the molecule is C/C(=N/NC(=O)CN(c1ccccc1)S(C)(=O)=O)c1cccc([N+](=O)[O-])c1. The molecule has 0 aliphatic heterocycles. The van der Waals surface area contributed by atoms with E-state index in [4.69, 9.17) is 0 Å². The van der Waals surface area contributed by atoms with Crippen LogP contribution >= 0.6 is 0 Å². The first-order chi connectivity index (χ1) is 12.7. The van der Waals surface area contributed by atoms with Crippen LogP contribution in [0, 0.1) is 10.1 Å². The third kappa shape index (κ3) is 5.61. The molecule has 0 bridgehead atoms. The normalized spacial score (nSPS) is 11.7. The van der Waals surface area contributed by atoms with Gasteiger partial charge in [0.25, 0.3) is 11.6 Å². The molecule has 0 heterocycles. The fourth-order valence-electron chi connectivity index (χ4n) is 2.22. The fraction of sp³-hybridized carbons (Fsp3) is 0.176. The van der Waals surface area contributed by atoms with Crippen LogP contribution in [0.4, 0.5) is 11.4 Å². The zero-order valence-corrected chi connectivity index (χ0v) is 15.5. The molecule has 0 unspecified atom stereocenters. The number of sulfonamides is 1. The van der Waals surface area contributed by atoms with Gasteiger partial charge in [-0.1, -0.05) is 30.3 Å². The molecule has 0 aromatic heterocycles. The number of anilines is 1. The number of non-ortho nitro benzene ring substituents is 1. The van der Waals surface area contributed by atoms with Crippen molar-refractivity contribution in [1.82, 2.24) is 5.43 Å². The Bertz CT molecular complexity index is 974. The third-order valence-electron chi connectivity index (χ3n) is 3.55. The summed E-state index contributed by atoms with van der Waals surface area (Å²) in [4.78, 5) is 22.4. The minimum Gasteiger partial charge on any atom is -0.271 e. The second-order valence-corrected chi connectivity index (χ2v) is 7.55. The molecule has 2 aromatic carbocycles. The number of hydrazone groups is 1. The summed E-state index contributed by atoms with van der Waals surface area (Å²) in [7, 11) is -3.67. The number of hydrogen-bond donors (Lipinski definition) is 1. The molecule has 0 aliphatic rings. The summed E-state index contributed by atoms with van der Waals surface area (Å²) < 4.78 is 24.9. The van der Waals surface area contributed by atoms with E-state index in [1.165, 1.54) is 18.2 Å². The molecule has 2 aromatic rings. The van der Waals surface area contributed by atoms with Crippen LogP contribution in [0.15, 0.2) is 59.7 Å². The molecule has 27 heavy (non-hydrogen) atoms. The van der Waals surface area contributed by atoms with Gasteiger partial charge in [-0.2, -0.15) is 5.10 Å². The van der Waals surface area contributed by atoms with Crippen LogP contribution in [0.5, 0.6) is 0 Å². The molecule has 0 radical (unpaired) electrons. The Balaban J connectivity index is 2.13. The van der Waals surface area contributed by atoms with E-state index < -0.39 is 27.4 Å². The molecular formula is C17H18N4O5S. The fourth-order valence-corrected chi connectivity index (χ4v) is 3.07. The van der Waals surface area contributed by atoms with E-state index in [0.29, 0.717) is 17.0 Å². The number of nitrogens with zero attached hydrogens (tertiary/aromatic N) is 3. The molecule has 1 N–H and O–H groups in total. The number of benzene rings is 2. The van der Waals surface area contributed by atoms with Gasteiger partial charge in [0.05, 0.1) is 22.6 Å². The maximum atomic E-state index is 12.2. The summed E-state index contributed by atoms with van der Waals surface area (Å²) >= 11 is 0. The van der Waals surface area contributed by atoms with Gasteiger partial charge >= 0.3 is 0 Å². The van der Waals surface area contributed by atoms with Crippen molar-refractivity contribution in [3.8, 4) is 0 Å². The lowest BCUT2D eigenvalue weighted by atomic mass is 10.1. The standard InChI is InChI=1S/C17H18N4O5S/c1-13(14-7-6-10-16(11-14)21(23)24)18-19-17(22)12-20(27(2,25)26)15-8-4-3-5-9-15/h3-11H,12H2,1-2H3,(H,19,22)/b18-13-. The van der Waals surface area contributed by atoms with Crippen LogP contribution in [-0.2, 0) is 14.8 Å². The highest BCUT2D eigenvalue weighted by atomic mass is 32.2. The van der Waals surface area contributed by atoms with E-state index in [9.17, 15) is 23.3 Å². The Morgan fingerprint density at radius 3 is 2.44 bits per heavy atom. The molecule has 0 fully saturated rings. The van der Waals surface area contributed by atoms with Gasteiger partial charge in [0, 0.05) is 17.7 Å². The zero-order valence-electron chi connectivity index (χ0n) is 14.7. The highest BCUT2D eigenvalue weighted by Crippen LogP contribution is 2.16. The predicted molar refractivity (Wildman–Crippen MR) is 102 cm³/mol. The number of nitro groups is 1. The zero-order chi connectivity index (χ0) is 20.0. The van der Waals surface area contributed by atoms with Gasteiger partial charge in [-0.15, -0.1) is 0 Å². The van der Waals surface area contributed by atoms with Crippen molar-refractivity contribution in [2.45, 2.75) is 6.92 Å². The molecule has 10 heteroatoms. The summed E-state index contributed by atoms with van der Waals surface area (Å²) in [6, 6.07) is 14.0. The lowest BCUT2D eigenvalue weighted by Crippen LogP contribution is -2.39. The molecule has 9 nitrogen and oxygen atoms in total. The molecule has 0 atom stereocenters. The molecular weight excluding hydrogens is 372 g/mol. The van der Waals surface area contributed by atoms with Crippen LogP contribution in [0.1, 0.15) is 12.5 Å². The van der Waals surface area contributed by atoms with E-state index in [1.807, 2.05) is 0 Å². The highest BCUT2D eigenvalue weighted by molar-refractivity contribution is 7.92. The second kappa shape index (κ2) is 8.41. The molecule has 0 saturated heterocycles. The number of amides is 1. The van der Waals surface area contributed by atoms with E-state index >= 15 is 0 Å². The maximum absolute atomic E-state index is 12.2. The van der Waals surface area contributed by atoms with E-state index in [1.54, 1.807) is 43.3 Å². The monoisotopic (exact) mass is 390 g/mol. The van der Waals surface area contributed by atoms with E-state index in [0.717, 1.165) is 10.6 Å². The first-order valence-corrected chi connectivity index (χ1v) is 9.64. The van der Waals surface area contributed by atoms with Gasteiger partial charge in [0.15, 0.2) is 0 Å². The predicted octanol–water partition coefficient (Wildman–Crippen LogP) is 1.90. The van der Waals surface area contributed by atoms with Crippen molar-refractivity contribution in [3.05, 3.63) is 70.3 Å². The molecule has 0 spiro atoms. The summed E-state index contributed by atoms with van der Waals surface area (Å²) in [6.07, 6.45) is 1.00. The summed E-state index contributed by atoms with van der Waals surface area (Å²) in [5.41, 5.74) is 3.34. The highest BCUT2D eigenvalue weighted by Gasteiger charge is 2.20. The Morgan fingerprint density at radius 1 is 1.19 bits per heavy atom. The number of carbonyl (C=O) groups is 1. The van der Waals surface area contributed by atoms with Gasteiger partial charge in [0.2, 0.25) is 10.0 Å². The number of nitro benzene ring substituents is 1. The van der Waals surface area contributed by atoms with Gasteiger partial charge in [0.1, 0.15) is 6.54 Å². The lowest BCUT2D eigenvalue weighted by Gasteiger charge is -2.21. The Kier molecular flexibility index (Phi) is 6.24. The summed E-state index contributed by atoms with van der Waals surface area (Å²) in [6.45, 7) is 1.12. The average molecular weight is 390 g/mol. The first kappa shape index (κ1) is 20.0.